The quantitative estimate of drug-likeness (QED) is 0.871. The van der Waals surface area contributed by atoms with Gasteiger partial charge < -0.3 is 15.2 Å². The van der Waals surface area contributed by atoms with E-state index >= 15 is 0 Å². The van der Waals surface area contributed by atoms with Gasteiger partial charge in [0.15, 0.2) is 5.54 Å². The van der Waals surface area contributed by atoms with Gasteiger partial charge in [0.2, 0.25) is 5.91 Å². The maximum atomic E-state index is 12.9. The van der Waals surface area contributed by atoms with E-state index in [0.717, 1.165) is 0 Å². The molecule has 1 amide bonds. The van der Waals surface area contributed by atoms with Crippen molar-refractivity contribution in [1.82, 2.24) is 5.32 Å². The third kappa shape index (κ3) is 2.80. The Bertz CT molecular complexity index is 510. The fraction of sp³-hybridized carbons (Fsp3) is 0.429. The van der Waals surface area contributed by atoms with Gasteiger partial charge in [0.05, 0.1) is 12.5 Å². The van der Waals surface area contributed by atoms with Gasteiger partial charge in [-0.1, -0.05) is 12.1 Å². The van der Waals surface area contributed by atoms with E-state index in [0.29, 0.717) is 25.2 Å². The van der Waals surface area contributed by atoms with E-state index in [1.165, 1.54) is 31.2 Å². The van der Waals surface area contributed by atoms with Gasteiger partial charge in [-0.25, -0.2) is 9.18 Å². The van der Waals surface area contributed by atoms with Crippen LogP contribution in [0.4, 0.5) is 4.39 Å². The highest BCUT2D eigenvalue weighted by atomic mass is 19.1. The second-order valence-electron chi connectivity index (χ2n) is 4.99. The van der Waals surface area contributed by atoms with E-state index in [1.54, 1.807) is 0 Å². The van der Waals surface area contributed by atoms with Gasteiger partial charge >= 0.3 is 5.97 Å². The summed E-state index contributed by atoms with van der Waals surface area (Å²) in [7, 11) is 0. The summed E-state index contributed by atoms with van der Waals surface area (Å²) >= 11 is 0. The zero-order valence-electron chi connectivity index (χ0n) is 11.1. The number of aliphatic carboxylic acids is 1. The first-order valence-corrected chi connectivity index (χ1v) is 6.32. The second-order valence-corrected chi connectivity index (χ2v) is 4.99. The number of amides is 1. The van der Waals surface area contributed by atoms with E-state index < -0.39 is 17.3 Å². The molecular weight excluding hydrogens is 265 g/mol. The molecule has 1 saturated heterocycles. The summed E-state index contributed by atoms with van der Waals surface area (Å²) in [6.45, 7) is 2.18. The van der Waals surface area contributed by atoms with E-state index in [4.69, 9.17) is 4.74 Å². The van der Waals surface area contributed by atoms with Gasteiger partial charge in [0.1, 0.15) is 5.82 Å². The lowest BCUT2D eigenvalue weighted by Gasteiger charge is -2.28. The maximum absolute atomic E-state index is 12.9. The molecule has 2 N–H and O–H groups in total. The normalized spacial score (nSPS) is 21.2. The van der Waals surface area contributed by atoms with Crippen LogP contribution in [0, 0.1) is 11.7 Å². The molecule has 2 rings (SSSR count). The minimum absolute atomic E-state index is 0.297. The number of benzene rings is 1. The van der Waals surface area contributed by atoms with Crippen LogP contribution in [0.15, 0.2) is 24.3 Å². The molecule has 0 saturated carbocycles. The van der Waals surface area contributed by atoms with Crippen molar-refractivity contribution in [2.75, 3.05) is 13.2 Å². The highest BCUT2D eigenvalue weighted by molar-refractivity contribution is 5.89. The van der Waals surface area contributed by atoms with Gasteiger partial charge in [0.25, 0.3) is 0 Å². The number of hydrogen-bond acceptors (Lipinski definition) is 3. The van der Waals surface area contributed by atoms with Gasteiger partial charge in [-0.2, -0.15) is 0 Å². The highest BCUT2D eigenvalue weighted by Gasteiger charge is 2.39. The van der Waals surface area contributed by atoms with Crippen molar-refractivity contribution >= 4 is 11.9 Å². The lowest BCUT2D eigenvalue weighted by molar-refractivity contribution is -0.148. The van der Waals surface area contributed by atoms with E-state index in [2.05, 4.69) is 5.32 Å². The Kier molecular flexibility index (Phi) is 4.04. The van der Waals surface area contributed by atoms with Crippen molar-refractivity contribution in [3.63, 3.8) is 0 Å². The topological polar surface area (TPSA) is 75.6 Å². The molecule has 108 valence electrons. The summed E-state index contributed by atoms with van der Waals surface area (Å²) in [6, 6.07) is 5.05. The van der Waals surface area contributed by atoms with Crippen molar-refractivity contribution in [2.24, 2.45) is 5.92 Å². The molecular formula is C14H16FNO4. The first-order chi connectivity index (χ1) is 9.43. The molecule has 0 aliphatic carbocycles. The fourth-order valence-electron chi connectivity index (χ4n) is 2.12. The molecule has 1 aromatic carbocycles. The number of carbonyl (C=O) groups is 2. The van der Waals surface area contributed by atoms with Crippen LogP contribution in [-0.4, -0.2) is 30.2 Å². The molecule has 1 aromatic rings. The van der Waals surface area contributed by atoms with Crippen LogP contribution in [0.5, 0.6) is 0 Å². The summed E-state index contributed by atoms with van der Waals surface area (Å²) in [5.41, 5.74) is -1.27. The van der Waals surface area contributed by atoms with Crippen molar-refractivity contribution in [2.45, 2.75) is 18.9 Å². The summed E-state index contributed by atoms with van der Waals surface area (Å²) in [5.74, 6) is -2.36. The molecule has 5 nitrogen and oxygen atoms in total. The van der Waals surface area contributed by atoms with Crippen LogP contribution in [0.3, 0.4) is 0 Å². The van der Waals surface area contributed by atoms with Crippen LogP contribution >= 0.6 is 0 Å². The summed E-state index contributed by atoms with van der Waals surface area (Å²) < 4.78 is 18.0. The molecule has 0 aromatic heterocycles. The molecule has 0 spiro atoms. The number of rotatable bonds is 4. The van der Waals surface area contributed by atoms with Crippen molar-refractivity contribution in [3.8, 4) is 0 Å². The van der Waals surface area contributed by atoms with Gasteiger partial charge in [-0.3, -0.25) is 4.79 Å². The Morgan fingerprint density at radius 3 is 2.55 bits per heavy atom. The Labute approximate surface area is 115 Å². The summed E-state index contributed by atoms with van der Waals surface area (Å²) in [6.07, 6.45) is 0.574. The highest BCUT2D eigenvalue weighted by Crippen LogP contribution is 2.23. The van der Waals surface area contributed by atoms with E-state index in [1.807, 2.05) is 0 Å². The monoisotopic (exact) mass is 281 g/mol. The Morgan fingerprint density at radius 1 is 1.40 bits per heavy atom. The Hall–Kier alpha value is -1.95. The molecule has 2 unspecified atom stereocenters. The zero-order chi connectivity index (χ0) is 14.8. The smallest absolute Gasteiger partial charge is 0.333 e. The Balaban J connectivity index is 2.22. The number of hydrogen-bond donors (Lipinski definition) is 2. The molecule has 1 aliphatic rings. The maximum Gasteiger partial charge on any atom is 0.333 e. The van der Waals surface area contributed by atoms with E-state index in [-0.39, 0.29) is 11.8 Å². The van der Waals surface area contributed by atoms with Crippen molar-refractivity contribution in [1.29, 1.82) is 0 Å². The van der Waals surface area contributed by atoms with Crippen LogP contribution in [0.25, 0.3) is 0 Å². The summed E-state index contributed by atoms with van der Waals surface area (Å²) in [5, 5.41) is 11.9. The predicted octanol–water partition coefficient (Wildman–Crippen LogP) is 1.28. The molecule has 1 aliphatic heterocycles. The first-order valence-electron chi connectivity index (χ1n) is 6.32. The SMILES string of the molecule is CC(NC(=O)C1CCOC1)(C(=O)O)c1ccc(F)cc1. The minimum atomic E-state index is -1.59. The van der Waals surface area contributed by atoms with E-state index in [9.17, 15) is 19.1 Å². The zero-order valence-corrected chi connectivity index (χ0v) is 11.1. The molecule has 1 fully saturated rings. The van der Waals surface area contributed by atoms with Crippen LogP contribution in [0.2, 0.25) is 0 Å². The largest absolute Gasteiger partial charge is 0.479 e. The van der Waals surface area contributed by atoms with Gasteiger partial charge in [-0.15, -0.1) is 0 Å². The number of halogens is 1. The van der Waals surface area contributed by atoms with Crippen LogP contribution in [-0.2, 0) is 19.9 Å². The third-order valence-electron chi connectivity index (χ3n) is 3.52. The molecule has 1 heterocycles. The predicted molar refractivity (Wildman–Crippen MR) is 68.5 cm³/mol. The van der Waals surface area contributed by atoms with Gasteiger partial charge in [-0.05, 0) is 31.0 Å². The number of carbonyl (C=O) groups excluding carboxylic acids is 1. The molecule has 6 heteroatoms. The average molecular weight is 281 g/mol. The number of carboxylic acids is 1. The average Bonchev–Trinajstić information content (AvgIpc) is 2.93. The summed E-state index contributed by atoms with van der Waals surface area (Å²) in [4.78, 5) is 23.6. The van der Waals surface area contributed by atoms with Crippen LogP contribution < -0.4 is 5.32 Å². The number of nitrogens with one attached hydrogen (secondary N) is 1. The minimum Gasteiger partial charge on any atom is -0.479 e. The lowest BCUT2D eigenvalue weighted by atomic mass is 9.91. The van der Waals surface area contributed by atoms with Crippen molar-refractivity contribution in [3.05, 3.63) is 35.6 Å². The van der Waals surface area contributed by atoms with Gasteiger partial charge in [0, 0.05) is 6.61 Å². The molecule has 2 atom stereocenters. The molecule has 0 bridgehead atoms. The Morgan fingerprint density at radius 2 is 2.05 bits per heavy atom. The molecule has 20 heavy (non-hydrogen) atoms. The van der Waals surface area contributed by atoms with Crippen LogP contribution in [0.1, 0.15) is 18.9 Å². The fourth-order valence-corrected chi connectivity index (χ4v) is 2.12. The number of ether oxygens (including phenoxy) is 1. The first kappa shape index (κ1) is 14.5. The number of carboxylic acid groups (broad SMARTS) is 1. The lowest BCUT2D eigenvalue weighted by Crippen LogP contribution is -2.51. The molecule has 0 radical (unpaired) electrons. The van der Waals surface area contributed by atoms with Crippen molar-refractivity contribution < 1.29 is 23.8 Å². The second kappa shape index (κ2) is 5.58. The third-order valence-corrected chi connectivity index (χ3v) is 3.52. The standard InChI is InChI=1S/C14H16FNO4/c1-14(13(18)19,10-2-4-11(15)5-3-10)16-12(17)9-6-7-20-8-9/h2-5,9H,6-8H2,1H3,(H,16,17)(H,18,19).